The molecule has 8 nitrogen and oxygen atoms in total. The van der Waals surface area contributed by atoms with Crippen LogP contribution in [0, 0.1) is 23.2 Å². The molecule has 2 aromatic heterocycles. The summed E-state index contributed by atoms with van der Waals surface area (Å²) in [5, 5.41) is 5.96. The van der Waals surface area contributed by atoms with Gasteiger partial charge in [0.05, 0.1) is 16.9 Å². The largest absolute Gasteiger partial charge is 0.421 e. The molecule has 1 aliphatic rings. The quantitative estimate of drug-likeness (QED) is 0.258. The van der Waals surface area contributed by atoms with Crippen molar-refractivity contribution in [2.45, 2.75) is 39.7 Å². The normalized spacial score (nSPS) is 14.0. The minimum atomic E-state index is -0.641. The molecule has 0 radical (unpaired) electrons. The highest BCUT2D eigenvalue weighted by Crippen LogP contribution is 2.37. The average Bonchev–Trinajstić information content (AvgIpc) is 2.88. The van der Waals surface area contributed by atoms with Gasteiger partial charge in [-0.3, -0.25) is 9.59 Å². The second-order valence-electron chi connectivity index (χ2n) is 9.58. The lowest BCUT2D eigenvalue weighted by Crippen LogP contribution is -2.32. The molecule has 0 bridgehead atoms. The Hall–Kier alpha value is -3.51. The molecule has 1 aliphatic heterocycles. The molecular weight excluding hydrogens is 616 g/mol. The van der Waals surface area contributed by atoms with Gasteiger partial charge in [-0.15, -0.1) is 0 Å². The van der Waals surface area contributed by atoms with Gasteiger partial charge in [0.15, 0.2) is 5.58 Å². The van der Waals surface area contributed by atoms with Crippen LogP contribution in [0.3, 0.4) is 0 Å². The zero-order chi connectivity index (χ0) is 27.8. The highest BCUT2D eigenvalue weighted by Gasteiger charge is 2.27. The highest BCUT2D eigenvalue weighted by atomic mass is 127. The summed E-state index contributed by atoms with van der Waals surface area (Å²) in [7, 11) is 0. The number of anilines is 3. The number of rotatable bonds is 5. The van der Waals surface area contributed by atoms with Gasteiger partial charge in [0.2, 0.25) is 5.91 Å². The fourth-order valence-electron chi connectivity index (χ4n) is 5.12. The monoisotopic (exact) mass is 643 g/mol. The molecule has 3 heterocycles. The van der Waals surface area contributed by atoms with Crippen molar-refractivity contribution in [3.05, 3.63) is 83.9 Å². The van der Waals surface area contributed by atoms with E-state index in [9.17, 15) is 18.8 Å². The summed E-state index contributed by atoms with van der Waals surface area (Å²) in [5.74, 6) is -0.739. The van der Waals surface area contributed by atoms with Crippen molar-refractivity contribution in [3.63, 3.8) is 0 Å². The van der Waals surface area contributed by atoms with Crippen LogP contribution in [0.5, 0.6) is 0 Å². The Morgan fingerprint density at radius 2 is 1.85 bits per heavy atom. The van der Waals surface area contributed by atoms with E-state index in [1.54, 1.807) is 41.8 Å². The van der Waals surface area contributed by atoms with Crippen LogP contribution in [0.4, 0.5) is 21.5 Å². The number of halogens is 2. The summed E-state index contributed by atoms with van der Waals surface area (Å²) >= 11 is 2.02. The molecule has 0 saturated carbocycles. The summed E-state index contributed by atoms with van der Waals surface area (Å²) in [5.41, 5.74) is 2.01. The standard InChI is InChI=1S/C29H27FIN3O5/c1-15-26(33-23-8-7-19(31)14-22(23)30)25-27(39-29(15)37)24(18-5-4-6-20(13-18)32-17(3)35)16(2)34(28(25)36)21-9-11-38-12-10-21/h4-8,13-14,21,33H,9-12H2,1-3H3,(H,32,35). The summed E-state index contributed by atoms with van der Waals surface area (Å²) in [4.78, 5) is 39.1. The van der Waals surface area contributed by atoms with Crippen LogP contribution in [-0.2, 0) is 9.53 Å². The highest BCUT2D eigenvalue weighted by molar-refractivity contribution is 14.1. The summed E-state index contributed by atoms with van der Waals surface area (Å²) in [6, 6.07) is 11.7. The molecule has 0 unspecified atom stereocenters. The number of hydrogen-bond acceptors (Lipinski definition) is 6. The number of pyridine rings is 1. The number of aromatic nitrogens is 1. The zero-order valence-electron chi connectivity index (χ0n) is 21.7. The molecular formula is C29H27FIN3O5. The Balaban J connectivity index is 1.86. The maximum Gasteiger partial charge on any atom is 0.341 e. The molecule has 0 atom stereocenters. The van der Waals surface area contributed by atoms with Crippen LogP contribution in [0.15, 0.2) is 56.5 Å². The molecule has 2 aromatic carbocycles. The molecule has 4 aromatic rings. The van der Waals surface area contributed by atoms with Gasteiger partial charge in [0.1, 0.15) is 11.2 Å². The topological polar surface area (TPSA) is 103 Å². The first-order valence-corrected chi connectivity index (χ1v) is 13.6. The van der Waals surface area contributed by atoms with Crippen LogP contribution < -0.4 is 21.8 Å². The third-order valence-corrected chi connectivity index (χ3v) is 7.63. The number of hydrogen-bond donors (Lipinski definition) is 2. The van der Waals surface area contributed by atoms with Crippen molar-refractivity contribution in [3.8, 4) is 11.1 Å². The number of nitrogens with zero attached hydrogens (tertiary/aromatic N) is 1. The van der Waals surface area contributed by atoms with Gasteiger partial charge in [-0.25, -0.2) is 9.18 Å². The third-order valence-electron chi connectivity index (χ3n) is 6.95. The van der Waals surface area contributed by atoms with Gasteiger partial charge in [0, 0.05) is 46.7 Å². The third kappa shape index (κ3) is 5.22. The Morgan fingerprint density at radius 1 is 1.10 bits per heavy atom. The fraction of sp³-hybridized carbons (Fsp3) is 0.276. The number of nitrogens with one attached hydrogen (secondary N) is 2. The number of fused-ring (bicyclic) bond motifs is 1. The van der Waals surface area contributed by atoms with E-state index >= 15 is 0 Å². The van der Waals surface area contributed by atoms with Crippen molar-refractivity contribution in [1.29, 1.82) is 0 Å². The number of carbonyl (C=O) groups is 1. The first-order chi connectivity index (χ1) is 18.7. The van der Waals surface area contributed by atoms with Crippen LogP contribution >= 0.6 is 22.6 Å². The van der Waals surface area contributed by atoms with E-state index in [-0.39, 0.29) is 45.4 Å². The second kappa shape index (κ2) is 10.9. The molecule has 1 amide bonds. The van der Waals surface area contributed by atoms with Crippen molar-refractivity contribution in [2.24, 2.45) is 0 Å². The average molecular weight is 643 g/mol. The second-order valence-corrected chi connectivity index (χ2v) is 10.8. The van der Waals surface area contributed by atoms with Crippen molar-refractivity contribution >= 4 is 56.5 Å². The zero-order valence-corrected chi connectivity index (χ0v) is 23.8. The number of benzene rings is 2. The predicted molar refractivity (Wildman–Crippen MR) is 157 cm³/mol. The Morgan fingerprint density at radius 3 is 2.54 bits per heavy atom. The number of carbonyl (C=O) groups excluding carboxylic acids is 1. The van der Waals surface area contributed by atoms with Crippen LogP contribution in [0.2, 0.25) is 0 Å². The fourth-order valence-corrected chi connectivity index (χ4v) is 5.57. The van der Waals surface area contributed by atoms with Gasteiger partial charge in [-0.2, -0.15) is 0 Å². The van der Waals surface area contributed by atoms with Crippen LogP contribution in [0.25, 0.3) is 22.1 Å². The summed E-state index contributed by atoms with van der Waals surface area (Å²) in [6.07, 6.45) is 1.28. The van der Waals surface area contributed by atoms with Crippen molar-refractivity contribution in [1.82, 2.24) is 4.57 Å². The number of amides is 1. The van der Waals surface area contributed by atoms with Gasteiger partial charge >= 0.3 is 5.63 Å². The minimum Gasteiger partial charge on any atom is -0.421 e. The molecule has 202 valence electrons. The Bertz CT molecular complexity index is 1720. The minimum absolute atomic E-state index is 0.102. The van der Waals surface area contributed by atoms with E-state index in [4.69, 9.17) is 9.15 Å². The summed E-state index contributed by atoms with van der Waals surface area (Å²) in [6.45, 7) is 5.82. The smallest absolute Gasteiger partial charge is 0.341 e. The van der Waals surface area contributed by atoms with E-state index in [2.05, 4.69) is 10.6 Å². The lowest BCUT2D eigenvalue weighted by Gasteiger charge is -2.28. The SMILES string of the molecule is CC(=O)Nc1cccc(-c2c(C)n(C3CCOCC3)c(=O)c3c(Nc4ccc(I)cc4F)c(C)c(=O)oc23)c1. The molecule has 1 saturated heterocycles. The van der Waals surface area contributed by atoms with Gasteiger partial charge in [0.25, 0.3) is 5.56 Å². The predicted octanol–water partition coefficient (Wildman–Crippen LogP) is 6.04. The Labute approximate surface area is 237 Å². The van der Waals surface area contributed by atoms with Gasteiger partial charge in [-0.05, 0) is 85.2 Å². The van der Waals surface area contributed by atoms with E-state index in [0.29, 0.717) is 52.1 Å². The maximum atomic E-state index is 14.9. The van der Waals surface area contributed by atoms with E-state index in [1.807, 2.05) is 35.6 Å². The molecule has 5 rings (SSSR count). The van der Waals surface area contributed by atoms with Crippen molar-refractivity contribution < 1.29 is 18.3 Å². The molecule has 10 heteroatoms. The van der Waals surface area contributed by atoms with Crippen LogP contribution in [0.1, 0.15) is 37.1 Å². The molecule has 2 N–H and O–H groups in total. The lowest BCUT2D eigenvalue weighted by atomic mass is 9.97. The van der Waals surface area contributed by atoms with Crippen molar-refractivity contribution in [2.75, 3.05) is 23.8 Å². The summed E-state index contributed by atoms with van der Waals surface area (Å²) < 4.78 is 28.7. The van der Waals surface area contributed by atoms with Gasteiger partial charge in [-0.1, -0.05) is 12.1 Å². The lowest BCUT2D eigenvalue weighted by molar-refractivity contribution is -0.114. The number of ether oxygens (including phenoxy) is 1. The van der Waals surface area contributed by atoms with E-state index in [0.717, 1.165) is 0 Å². The van der Waals surface area contributed by atoms with Gasteiger partial charge < -0.3 is 24.4 Å². The maximum absolute atomic E-state index is 14.9. The molecule has 39 heavy (non-hydrogen) atoms. The molecule has 1 fully saturated rings. The molecule has 0 aliphatic carbocycles. The van der Waals surface area contributed by atoms with E-state index in [1.165, 1.54) is 13.0 Å². The first-order valence-electron chi connectivity index (χ1n) is 12.6. The van der Waals surface area contributed by atoms with Crippen LogP contribution in [-0.4, -0.2) is 23.7 Å². The molecule has 0 spiro atoms. The Kier molecular flexibility index (Phi) is 7.59. The van der Waals surface area contributed by atoms with E-state index < -0.39 is 11.4 Å². The first kappa shape index (κ1) is 27.1.